The van der Waals surface area contributed by atoms with Crippen molar-refractivity contribution in [3.63, 3.8) is 0 Å². The molecule has 0 fully saturated rings. The minimum atomic E-state index is -0.939. The van der Waals surface area contributed by atoms with Gasteiger partial charge in [-0.1, -0.05) is 18.2 Å². The van der Waals surface area contributed by atoms with E-state index in [1.165, 1.54) is 0 Å². The standard InChI is InChI=1S/C19H15F2N3O4/c20-12-5-3-6-13(21)18(12)24-16(25)10-28-17(26)9-8-15-22-14-7-2-1-4-11(14)19(27)23-15/h1-7H,8-10H2,(H,24,25)(H,22,23,27). The summed E-state index contributed by atoms with van der Waals surface area (Å²) in [5.74, 6) is -3.18. The number of amides is 1. The van der Waals surface area contributed by atoms with Crippen molar-refractivity contribution < 1.29 is 23.1 Å². The number of carbonyl (C=O) groups excluding carboxylic acids is 2. The van der Waals surface area contributed by atoms with Crippen molar-refractivity contribution in [2.75, 3.05) is 11.9 Å². The summed E-state index contributed by atoms with van der Waals surface area (Å²) in [6.07, 6.45) is -0.0366. The summed E-state index contributed by atoms with van der Waals surface area (Å²) < 4.78 is 31.7. The minimum Gasteiger partial charge on any atom is -0.456 e. The average Bonchev–Trinajstić information content (AvgIpc) is 2.68. The van der Waals surface area contributed by atoms with Crippen molar-refractivity contribution in [1.29, 1.82) is 0 Å². The second kappa shape index (κ2) is 8.38. The van der Waals surface area contributed by atoms with Crippen LogP contribution in [0.1, 0.15) is 12.2 Å². The number of fused-ring (bicyclic) bond motifs is 1. The topological polar surface area (TPSA) is 101 Å². The van der Waals surface area contributed by atoms with Crippen LogP contribution < -0.4 is 10.9 Å². The number of carbonyl (C=O) groups is 2. The van der Waals surface area contributed by atoms with Gasteiger partial charge in [-0.15, -0.1) is 0 Å². The lowest BCUT2D eigenvalue weighted by molar-refractivity contribution is -0.147. The summed E-state index contributed by atoms with van der Waals surface area (Å²) in [4.78, 5) is 42.3. The molecule has 9 heteroatoms. The number of nitrogens with one attached hydrogen (secondary N) is 2. The van der Waals surface area contributed by atoms with Crippen LogP contribution in [0.4, 0.5) is 14.5 Å². The highest BCUT2D eigenvalue weighted by atomic mass is 19.1. The van der Waals surface area contributed by atoms with E-state index >= 15 is 0 Å². The van der Waals surface area contributed by atoms with Crippen molar-refractivity contribution in [3.8, 4) is 0 Å². The Morgan fingerprint density at radius 1 is 1.07 bits per heavy atom. The third kappa shape index (κ3) is 4.56. The molecule has 0 aliphatic carbocycles. The first-order valence-electron chi connectivity index (χ1n) is 8.31. The van der Waals surface area contributed by atoms with E-state index in [0.29, 0.717) is 16.7 Å². The quantitative estimate of drug-likeness (QED) is 0.632. The van der Waals surface area contributed by atoms with Crippen LogP contribution in [-0.4, -0.2) is 28.5 Å². The predicted molar refractivity (Wildman–Crippen MR) is 96.6 cm³/mol. The first kappa shape index (κ1) is 19.2. The fourth-order valence-electron chi connectivity index (χ4n) is 2.48. The number of para-hydroxylation sites is 2. The zero-order valence-corrected chi connectivity index (χ0v) is 14.5. The van der Waals surface area contributed by atoms with E-state index in [4.69, 9.17) is 4.74 Å². The van der Waals surface area contributed by atoms with Crippen molar-refractivity contribution in [2.45, 2.75) is 12.8 Å². The number of aromatic nitrogens is 2. The number of anilines is 1. The minimum absolute atomic E-state index is 0.0997. The van der Waals surface area contributed by atoms with Gasteiger partial charge in [-0.3, -0.25) is 14.4 Å². The van der Waals surface area contributed by atoms with Gasteiger partial charge in [0.15, 0.2) is 6.61 Å². The van der Waals surface area contributed by atoms with Crippen LogP contribution in [0, 0.1) is 11.6 Å². The number of hydrogen-bond donors (Lipinski definition) is 2. The lowest BCUT2D eigenvalue weighted by Gasteiger charge is -2.08. The first-order valence-corrected chi connectivity index (χ1v) is 8.31. The second-order valence-corrected chi connectivity index (χ2v) is 5.84. The molecule has 28 heavy (non-hydrogen) atoms. The smallest absolute Gasteiger partial charge is 0.306 e. The molecule has 0 unspecified atom stereocenters. The summed E-state index contributed by atoms with van der Waals surface area (Å²) >= 11 is 0. The first-order chi connectivity index (χ1) is 13.4. The largest absolute Gasteiger partial charge is 0.456 e. The fraction of sp³-hybridized carbons (Fsp3) is 0.158. The van der Waals surface area contributed by atoms with Crippen LogP contribution in [0.5, 0.6) is 0 Å². The average molecular weight is 387 g/mol. The van der Waals surface area contributed by atoms with Gasteiger partial charge in [0.25, 0.3) is 11.5 Å². The number of aryl methyl sites for hydroxylation is 1. The molecular weight excluding hydrogens is 372 g/mol. The maximum Gasteiger partial charge on any atom is 0.306 e. The van der Waals surface area contributed by atoms with Crippen LogP contribution in [0.3, 0.4) is 0 Å². The van der Waals surface area contributed by atoms with Gasteiger partial charge in [-0.2, -0.15) is 0 Å². The van der Waals surface area contributed by atoms with E-state index in [0.717, 1.165) is 18.2 Å². The summed E-state index contributed by atoms with van der Waals surface area (Å²) in [5, 5.41) is 2.45. The number of aromatic amines is 1. The van der Waals surface area contributed by atoms with E-state index in [9.17, 15) is 23.2 Å². The van der Waals surface area contributed by atoms with Crippen molar-refractivity contribution in [2.24, 2.45) is 0 Å². The van der Waals surface area contributed by atoms with Crippen molar-refractivity contribution >= 4 is 28.5 Å². The van der Waals surface area contributed by atoms with Gasteiger partial charge in [0.1, 0.15) is 23.1 Å². The Labute approximate surface area is 157 Å². The van der Waals surface area contributed by atoms with Gasteiger partial charge in [-0.05, 0) is 24.3 Å². The molecule has 0 aliphatic rings. The third-order valence-electron chi connectivity index (χ3n) is 3.82. The predicted octanol–water partition coefficient (Wildman–Crippen LogP) is 2.32. The fourth-order valence-corrected chi connectivity index (χ4v) is 2.48. The van der Waals surface area contributed by atoms with Crippen molar-refractivity contribution in [3.05, 3.63) is 70.3 Å². The van der Waals surface area contributed by atoms with E-state index in [-0.39, 0.29) is 18.4 Å². The summed E-state index contributed by atoms with van der Waals surface area (Å²) in [7, 11) is 0. The molecule has 0 saturated carbocycles. The van der Waals surface area contributed by atoms with Gasteiger partial charge in [0.2, 0.25) is 0 Å². The molecule has 0 atom stereocenters. The van der Waals surface area contributed by atoms with Crippen LogP contribution >= 0.6 is 0 Å². The van der Waals surface area contributed by atoms with Crippen LogP contribution in [-0.2, 0) is 20.7 Å². The van der Waals surface area contributed by atoms with Gasteiger partial charge in [0, 0.05) is 6.42 Å². The summed E-state index contributed by atoms with van der Waals surface area (Å²) in [6.45, 7) is -0.700. The second-order valence-electron chi connectivity index (χ2n) is 5.84. The summed E-state index contributed by atoms with van der Waals surface area (Å²) in [6, 6.07) is 9.91. The zero-order valence-electron chi connectivity index (χ0n) is 14.5. The molecule has 0 aliphatic heterocycles. The monoisotopic (exact) mass is 387 g/mol. The number of rotatable bonds is 6. The third-order valence-corrected chi connectivity index (χ3v) is 3.82. The lowest BCUT2D eigenvalue weighted by Crippen LogP contribution is -2.22. The van der Waals surface area contributed by atoms with Crippen LogP contribution in [0.2, 0.25) is 0 Å². The highest BCUT2D eigenvalue weighted by Crippen LogP contribution is 2.17. The highest BCUT2D eigenvalue weighted by Gasteiger charge is 2.14. The molecular formula is C19H15F2N3O4. The van der Waals surface area contributed by atoms with Gasteiger partial charge < -0.3 is 15.0 Å². The Morgan fingerprint density at radius 2 is 1.79 bits per heavy atom. The SMILES string of the molecule is O=C(COC(=O)CCc1nc2ccccc2c(=O)[nH]1)Nc1c(F)cccc1F. The number of nitrogens with zero attached hydrogens (tertiary/aromatic N) is 1. The van der Waals surface area contributed by atoms with E-state index in [1.807, 2.05) is 5.32 Å². The molecule has 1 aromatic heterocycles. The zero-order chi connectivity index (χ0) is 20.1. The number of ether oxygens (including phenoxy) is 1. The van der Waals surface area contributed by atoms with Crippen molar-refractivity contribution in [1.82, 2.24) is 9.97 Å². The molecule has 144 valence electrons. The van der Waals surface area contributed by atoms with Gasteiger partial charge in [0.05, 0.1) is 17.3 Å². The maximum absolute atomic E-state index is 13.5. The van der Waals surface area contributed by atoms with E-state index < -0.39 is 35.8 Å². The Hall–Kier alpha value is -3.62. The number of benzene rings is 2. The Bertz CT molecular complexity index is 1080. The number of halogens is 2. The summed E-state index contributed by atoms with van der Waals surface area (Å²) in [5.41, 5.74) is -0.428. The van der Waals surface area contributed by atoms with Gasteiger partial charge >= 0.3 is 5.97 Å². The maximum atomic E-state index is 13.5. The molecule has 0 radical (unpaired) electrons. The Morgan fingerprint density at radius 3 is 2.54 bits per heavy atom. The molecule has 0 bridgehead atoms. The normalized spacial score (nSPS) is 10.6. The molecule has 0 saturated heterocycles. The highest BCUT2D eigenvalue weighted by molar-refractivity contribution is 5.93. The van der Waals surface area contributed by atoms with E-state index in [2.05, 4.69) is 9.97 Å². The number of H-pyrrole nitrogens is 1. The molecule has 0 spiro atoms. The number of esters is 1. The van der Waals surface area contributed by atoms with E-state index in [1.54, 1.807) is 24.3 Å². The molecule has 1 amide bonds. The molecule has 3 rings (SSSR count). The molecule has 7 nitrogen and oxygen atoms in total. The van der Waals surface area contributed by atoms with Gasteiger partial charge in [-0.25, -0.2) is 13.8 Å². The molecule has 3 aromatic rings. The Balaban J connectivity index is 1.52. The molecule has 2 aromatic carbocycles. The molecule has 2 N–H and O–H groups in total. The number of hydrogen-bond acceptors (Lipinski definition) is 5. The Kier molecular flexibility index (Phi) is 5.73. The lowest BCUT2D eigenvalue weighted by atomic mass is 10.2. The van der Waals surface area contributed by atoms with Crippen LogP contribution in [0.25, 0.3) is 10.9 Å². The van der Waals surface area contributed by atoms with Crippen LogP contribution in [0.15, 0.2) is 47.3 Å². The molecule has 1 heterocycles.